The molecule has 0 radical (unpaired) electrons. The molecular weight excluding hydrogens is 188 g/mol. The Labute approximate surface area is 87.7 Å². The van der Waals surface area contributed by atoms with Gasteiger partial charge in [0.15, 0.2) is 0 Å². The second-order valence-corrected chi connectivity index (χ2v) is 3.83. The molecule has 0 amide bonds. The maximum absolute atomic E-state index is 5.97. The second-order valence-electron chi connectivity index (χ2n) is 3.83. The molecule has 3 rings (SSSR count). The number of nitrogens with zero attached hydrogens (tertiary/aromatic N) is 3. The minimum absolute atomic E-state index is 0.163. The van der Waals surface area contributed by atoms with Crippen LogP contribution in [0.1, 0.15) is 23.7 Å². The third kappa shape index (κ3) is 1.34. The predicted octanol–water partition coefficient (Wildman–Crippen LogP) is 1.21. The van der Waals surface area contributed by atoms with Crippen molar-refractivity contribution in [2.24, 2.45) is 5.73 Å². The van der Waals surface area contributed by atoms with E-state index in [-0.39, 0.29) is 6.04 Å². The van der Waals surface area contributed by atoms with Crippen LogP contribution in [-0.4, -0.2) is 14.8 Å². The first kappa shape index (κ1) is 8.61. The normalized spacial score (nSPS) is 19.1. The lowest BCUT2D eigenvalue weighted by Gasteiger charge is -2.02. The van der Waals surface area contributed by atoms with E-state index in [4.69, 9.17) is 5.73 Å². The van der Waals surface area contributed by atoms with Crippen LogP contribution in [0.25, 0.3) is 5.69 Å². The predicted molar refractivity (Wildman–Crippen MR) is 56.6 cm³/mol. The summed E-state index contributed by atoms with van der Waals surface area (Å²) in [4.78, 5) is 3.98. The van der Waals surface area contributed by atoms with E-state index in [1.54, 1.807) is 12.4 Å². The van der Waals surface area contributed by atoms with E-state index in [1.807, 2.05) is 23.0 Å². The first-order valence-electron chi connectivity index (χ1n) is 5.09. The van der Waals surface area contributed by atoms with Gasteiger partial charge in [-0.15, -0.1) is 0 Å². The zero-order valence-corrected chi connectivity index (χ0v) is 8.30. The lowest BCUT2D eigenvalue weighted by atomic mass is 10.2. The highest BCUT2D eigenvalue weighted by Crippen LogP contribution is 2.28. The molecule has 1 aliphatic rings. The average molecular weight is 200 g/mol. The van der Waals surface area contributed by atoms with Gasteiger partial charge in [0, 0.05) is 30.2 Å². The van der Waals surface area contributed by atoms with Gasteiger partial charge in [0.2, 0.25) is 0 Å². The Morgan fingerprint density at radius 1 is 1.33 bits per heavy atom. The van der Waals surface area contributed by atoms with Gasteiger partial charge >= 0.3 is 0 Å². The number of aromatic nitrogens is 3. The summed E-state index contributed by atoms with van der Waals surface area (Å²) in [6.07, 6.45) is 7.58. The number of hydrogen-bond donors (Lipinski definition) is 1. The first-order chi connectivity index (χ1) is 7.34. The fraction of sp³-hybridized carbons (Fsp3) is 0.273. The Morgan fingerprint density at radius 2 is 2.13 bits per heavy atom. The molecule has 76 valence electrons. The molecule has 0 aliphatic heterocycles. The molecule has 1 atom stereocenters. The highest BCUT2D eigenvalue weighted by atomic mass is 15.3. The molecule has 0 aromatic carbocycles. The van der Waals surface area contributed by atoms with Crippen LogP contribution < -0.4 is 5.73 Å². The fourth-order valence-electron chi connectivity index (χ4n) is 2.00. The van der Waals surface area contributed by atoms with Crippen molar-refractivity contribution in [2.75, 3.05) is 0 Å². The molecule has 1 aliphatic carbocycles. The summed E-state index contributed by atoms with van der Waals surface area (Å²) in [5, 5.41) is 4.52. The van der Waals surface area contributed by atoms with Crippen LogP contribution >= 0.6 is 0 Å². The lowest BCUT2D eigenvalue weighted by Crippen LogP contribution is -2.05. The van der Waals surface area contributed by atoms with Crippen LogP contribution in [0.5, 0.6) is 0 Å². The molecule has 0 saturated carbocycles. The molecular formula is C11H12N4. The van der Waals surface area contributed by atoms with Crippen molar-refractivity contribution < 1.29 is 0 Å². The molecule has 0 spiro atoms. The third-order valence-corrected chi connectivity index (χ3v) is 2.84. The highest BCUT2D eigenvalue weighted by molar-refractivity contribution is 5.34. The van der Waals surface area contributed by atoms with Gasteiger partial charge in [-0.05, 0) is 25.0 Å². The van der Waals surface area contributed by atoms with Crippen LogP contribution in [0.4, 0.5) is 0 Å². The Morgan fingerprint density at radius 3 is 2.87 bits per heavy atom. The van der Waals surface area contributed by atoms with Gasteiger partial charge in [-0.3, -0.25) is 4.98 Å². The van der Waals surface area contributed by atoms with Crippen molar-refractivity contribution in [1.82, 2.24) is 14.8 Å². The Bertz CT molecular complexity index is 475. The van der Waals surface area contributed by atoms with Crippen LogP contribution in [0, 0.1) is 0 Å². The van der Waals surface area contributed by atoms with Crippen LogP contribution in [0.3, 0.4) is 0 Å². The zero-order chi connectivity index (χ0) is 10.3. The van der Waals surface area contributed by atoms with Gasteiger partial charge < -0.3 is 5.73 Å². The molecule has 4 heteroatoms. The molecule has 2 heterocycles. The summed E-state index contributed by atoms with van der Waals surface area (Å²) in [6, 6.07) is 4.04. The van der Waals surface area contributed by atoms with Gasteiger partial charge in [-0.2, -0.15) is 5.10 Å². The van der Waals surface area contributed by atoms with Crippen molar-refractivity contribution in [3.8, 4) is 5.69 Å². The van der Waals surface area contributed by atoms with Crippen LogP contribution in [0.2, 0.25) is 0 Å². The van der Waals surface area contributed by atoms with Crippen molar-refractivity contribution >= 4 is 0 Å². The van der Waals surface area contributed by atoms with E-state index in [9.17, 15) is 0 Å². The minimum atomic E-state index is 0.163. The monoisotopic (exact) mass is 200 g/mol. The average Bonchev–Trinajstić information content (AvgIpc) is 2.83. The number of rotatable bonds is 1. The maximum atomic E-state index is 5.97. The number of hydrogen-bond acceptors (Lipinski definition) is 3. The minimum Gasteiger partial charge on any atom is -0.324 e. The highest BCUT2D eigenvalue weighted by Gasteiger charge is 2.22. The number of aryl methyl sites for hydroxylation is 1. The molecule has 0 bridgehead atoms. The summed E-state index contributed by atoms with van der Waals surface area (Å²) < 4.78 is 1.88. The second kappa shape index (κ2) is 3.17. The molecule has 0 fully saturated rings. The maximum Gasteiger partial charge on any atom is 0.0677 e. The topological polar surface area (TPSA) is 56.7 Å². The van der Waals surface area contributed by atoms with Crippen molar-refractivity contribution in [3.05, 3.63) is 42.0 Å². The summed E-state index contributed by atoms with van der Waals surface area (Å²) in [5.74, 6) is 0. The lowest BCUT2D eigenvalue weighted by molar-refractivity contribution is 0.692. The molecule has 4 nitrogen and oxygen atoms in total. The van der Waals surface area contributed by atoms with E-state index < -0.39 is 0 Å². The fourth-order valence-corrected chi connectivity index (χ4v) is 2.00. The number of nitrogens with two attached hydrogens (primary N) is 1. The zero-order valence-electron chi connectivity index (χ0n) is 8.30. The summed E-state index contributed by atoms with van der Waals surface area (Å²) in [5.41, 5.74) is 9.33. The van der Waals surface area contributed by atoms with Crippen molar-refractivity contribution in [1.29, 1.82) is 0 Å². The van der Waals surface area contributed by atoms with Gasteiger partial charge in [-0.25, -0.2) is 4.68 Å². The van der Waals surface area contributed by atoms with Gasteiger partial charge in [0.25, 0.3) is 0 Å². The van der Waals surface area contributed by atoms with Gasteiger partial charge in [-0.1, -0.05) is 0 Å². The third-order valence-electron chi connectivity index (χ3n) is 2.84. The van der Waals surface area contributed by atoms with E-state index in [2.05, 4.69) is 10.1 Å². The van der Waals surface area contributed by atoms with Gasteiger partial charge in [0.1, 0.15) is 0 Å². The molecule has 2 N–H and O–H groups in total. The standard InChI is InChI=1S/C11H12N4/c12-10-1-2-11-9(10)7-15(14-11)8-3-5-13-6-4-8/h3-7,10H,1-2,12H2. The molecule has 2 aromatic rings. The Balaban J connectivity index is 2.05. The van der Waals surface area contributed by atoms with E-state index in [0.717, 1.165) is 24.2 Å². The first-order valence-corrected chi connectivity index (χ1v) is 5.09. The SMILES string of the molecule is NC1CCc2nn(-c3ccncc3)cc21. The Hall–Kier alpha value is -1.68. The van der Waals surface area contributed by atoms with Crippen molar-refractivity contribution in [2.45, 2.75) is 18.9 Å². The van der Waals surface area contributed by atoms with Crippen LogP contribution in [0.15, 0.2) is 30.7 Å². The van der Waals surface area contributed by atoms with Gasteiger partial charge in [0.05, 0.1) is 11.4 Å². The van der Waals surface area contributed by atoms with E-state index >= 15 is 0 Å². The molecule has 15 heavy (non-hydrogen) atoms. The number of fused-ring (bicyclic) bond motifs is 1. The molecule has 0 saturated heterocycles. The summed E-state index contributed by atoms with van der Waals surface area (Å²) in [6.45, 7) is 0. The molecule has 1 unspecified atom stereocenters. The number of pyridine rings is 1. The smallest absolute Gasteiger partial charge is 0.0677 e. The van der Waals surface area contributed by atoms with E-state index in [1.165, 1.54) is 5.56 Å². The summed E-state index contributed by atoms with van der Waals surface area (Å²) in [7, 11) is 0. The van der Waals surface area contributed by atoms with E-state index in [0.29, 0.717) is 0 Å². The largest absolute Gasteiger partial charge is 0.324 e. The van der Waals surface area contributed by atoms with Crippen LogP contribution in [-0.2, 0) is 6.42 Å². The Kier molecular flexibility index (Phi) is 1.82. The van der Waals surface area contributed by atoms with Crippen molar-refractivity contribution in [3.63, 3.8) is 0 Å². The summed E-state index contributed by atoms with van der Waals surface area (Å²) >= 11 is 0. The molecule has 2 aromatic heterocycles. The quantitative estimate of drug-likeness (QED) is 0.752.